The Hall–Kier alpha value is -1.87. The van der Waals surface area contributed by atoms with E-state index in [1.54, 1.807) is 0 Å². The van der Waals surface area contributed by atoms with Crippen LogP contribution < -0.4 is 10.1 Å². The molecular formula is C18H20FNO. The van der Waals surface area contributed by atoms with Crippen LogP contribution in [-0.2, 0) is 6.54 Å². The standard InChI is InChI=1S/C18H20FNO/c1-13-4-2-5-16-17(6-3-11-21-18(13)16)20-12-14-7-9-15(19)10-8-14/h2,4-5,7-10,17,20H,3,6,11-12H2,1H3. The van der Waals surface area contributed by atoms with Crippen molar-refractivity contribution in [1.82, 2.24) is 5.32 Å². The second kappa shape index (κ2) is 6.27. The molecule has 1 heterocycles. The molecule has 1 aliphatic heterocycles. The van der Waals surface area contributed by atoms with Crippen molar-refractivity contribution in [2.24, 2.45) is 0 Å². The minimum Gasteiger partial charge on any atom is -0.493 e. The van der Waals surface area contributed by atoms with E-state index < -0.39 is 0 Å². The molecule has 2 aromatic rings. The van der Waals surface area contributed by atoms with E-state index in [1.165, 1.54) is 23.3 Å². The minimum absolute atomic E-state index is 0.192. The van der Waals surface area contributed by atoms with Gasteiger partial charge < -0.3 is 10.1 Å². The number of fused-ring (bicyclic) bond motifs is 1. The van der Waals surface area contributed by atoms with E-state index in [0.29, 0.717) is 0 Å². The topological polar surface area (TPSA) is 21.3 Å². The van der Waals surface area contributed by atoms with Crippen LogP contribution in [0.25, 0.3) is 0 Å². The summed E-state index contributed by atoms with van der Waals surface area (Å²) in [5.41, 5.74) is 3.51. The molecule has 3 heteroatoms. The highest BCUT2D eigenvalue weighted by molar-refractivity contribution is 5.43. The zero-order valence-corrected chi connectivity index (χ0v) is 12.2. The summed E-state index contributed by atoms with van der Waals surface area (Å²) in [6.45, 7) is 3.59. The van der Waals surface area contributed by atoms with Crippen molar-refractivity contribution in [1.29, 1.82) is 0 Å². The molecule has 0 bridgehead atoms. The Morgan fingerprint density at radius 2 is 2.00 bits per heavy atom. The summed E-state index contributed by atoms with van der Waals surface area (Å²) in [4.78, 5) is 0. The minimum atomic E-state index is -0.192. The Kier molecular flexibility index (Phi) is 4.20. The van der Waals surface area contributed by atoms with Gasteiger partial charge >= 0.3 is 0 Å². The number of benzene rings is 2. The first-order valence-corrected chi connectivity index (χ1v) is 7.44. The third-order valence-electron chi connectivity index (χ3n) is 3.97. The molecule has 0 fully saturated rings. The van der Waals surface area contributed by atoms with E-state index in [1.807, 2.05) is 12.1 Å². The van der Waals surface area contributed by atoms with Crippen molar-refractivity contribution in [3.05, 3.63) is 65.0 Å². The van der Waals surface area contributed by atoms with E-state index in [-0.39, 0.29) is 11.9 Å². The Labute approximate surface area is 125 Å². The number of hydrogen-bond donors (Lipinski definition) is 1. The lowest BCUT2D eigenvalue weighted by Crippen LogP contribution is -2.20. The van der Waals surface area contributed by atoms with Gasteiger partial charge in [-0.15, -0.1) is 0 Å². The van der Waals surface area contributed by atoms with Crippen LogP contribution >= 0.6 is 0 Å². The quantitative estimate of drug-likeness (QED) is 0.915. The molecule has 0 aromatic heterocycles. The van der Waals surface area contributed by atoms with E-state index in [4.69, 9.17) is 4.74 Å². The summed E-state index contributed by atoms with van der Waals surface area (Å²) < 4.78 is 18.8. The first-order chi connectivity index (χ1) is 10.2. The van der Waals surface area contributed by atoms with Crippen LogP contribution in [0, 0.1) is 12.7 Å². The zero-order valence-electron chi connectivity index (χ0n) is 12.2. The molecule has 1 atom stereocenters. The van der Waals surface area contributed by atoms with Gasteiger partial charge in [0.25, 0.3) is 0 Å². The fourth-order valence-electron chi connectivity index (χ4n) is 2.82. The number of aryl methyl sites for hydroxylation is 1. The fraction of sp³-hybridized carbons (Fsp3) is 0.333. The predicted octanol–water partition coefficient (Wildman–Crippen LogP) is 4.14. The van der Waals surface area contributed by atoms with Gasteiger partial charge in [-0.3, -0.25) is 0 Å². The second-order valence-corrected chi connectivity index (χ2v) is 5.54. The normalized spacial score (nSPS) is 17.7. The summed E-state index contributed by atoms with van der Waals surface area (Å²) in [7, 11) is 0. The van der Waals surface area contributed by atoms with Crippen LogP contribution in [0.2, 0.25) is 0 Å². The van der Waals surface area contributed by atoms with Crippen molar-refractivity contribution in [3.63, 3.8) is 0 Å². The highest BCUT2D eigenvalue weighted by Gasteiger charge is 2.20. The Balaban J connectivity index is 1.76. The summed E-state index contributed by atoms with van der Waals surface area (Å²) in [5, 5.41) is 3.58. The number of rotatable bonds is 3. The van der Waals surface area contributed by atoms with Gasteiger partial charge in [0.2, 0.25) is 0 Å². The molecule has 1 N–H and O–H groups in total. The van der Waals surface area contributed by atoms with Gasteiger partial charge in [0.05, 0.1) is 6.61 Å². The Morgan fingerprint density at radius 1 is 1.19 bits per heavy atom. The van der Waals surface area contributed by atoms with Crippen molar-refractivity contribution >= 4 is 0 Å². The molecule has 21 heavy (non-hydrogen) atoms. The molecule has 3 rings (SSSR count). The Morgan fingerprint density at radius 3 is 2.81 bits per heavy atom. The first kappa shape index (κ1) is 14.1. The van der Waals surface area contributed by atoms with Crippen LogP contribution in [0.1, 0.15) is 35.6 Å². The van der Waals surface area contributed by atoms with Crippen LogP contribution in [0.15, 0.2) is 42.5 Å². The van der Waals surface area contributed by atoms with E-state index >= 15 is 0 Å². The number of para-hydroxylation sites is 1. The Bertz CT molecular complexity index is 609. The largest absolute Gasteiger partial charge is 0.493 e. The van der Waals surface area contributed by atoms with Crippen LogP contribution in [0.4, 0.5) is 4.39 Å². The fourth-order valence-corrected chi connectivity index (χ4v) is 2.82. The molecule has 0 saturated carbocycles. The third kappa shape index (κ3) is 3.24. The molecule has 0 aliphatic carbocycles. The van der Waals surface area contributed by atoms with Crippen molar-refractivity contribution in [2.75, 3.05) is 6.61 Å². The third-order valence-corrected chi connectivity index (χ3v) is 3.97. The molecule has 1 unspecified atom stereocenters. The molecule has 0 amide bonds. The summed E-state index contributed by atoms with van der Waals surface area (Å²) >= 11 is 0. The van der Waals surface area contributed by atoms with Crippen LogP contribution in [0.3, 0.4) is 0 Å². The molecule has 0 saturated heterocycles. The van der Waals surface area contributed by atoms with Crippen molar-refractivity contribution < 1.29 is 9.13 Å². The number of halogens is 1. The van der Waals surface area contributed by atoms with Gasteiger partial charge in [-0.25, -0.2) is 4.39 Å². The number of ether oxygens (including phenoxy) is 1. The van der Waals surface area contributed by atoms with E-state index in [2.05, 4.69) is 30.4 Å². The molecular weight excluding hydrogens is 265 g/mol. The van der Waals surface area contributed by atoms with Gasteiger partial charge in [-0.05, 0) is 43.0 Å². The van der Waals surface area contributed by atoms with Crippen LogP contribution in [0.5, 0.6) is 5.75 Å². The SMILES string of the molecule is Cc1cccc2c1OCCCC2NCc1ccc(F)cc1. The first-order valence-electron chi connectivity index (χ1n) is 7.44. The molecule has 110 valence electrons. The maximum absolute atomic E-state index is 12.9. The average molecular weight is 285 g/mol. The number of nitrogens with one attached hydrogen (secondary N) is 1. The predicted molar refractivity (Wildman–Crippen MR) is 81.9 cm³/mol. The van der Waals surface area contributed by atoms with Gasteiger partial charge in [-0.1, -0.05) is 30.3 Å². The highest BCUT2D eigenvalue weighted by atomic mass is 19.1. The zero-order chi connectivity index (χ0) is 14.7. The van der Waals surface area contributed by atoms with E-state index in [0.717, 1.165) is 37.3 Å². The molecule has 1 aliphatic rings. The highest BCUT2D eigenvalue weighted by Crippen LogP contribution is 2.34. The summed E-state index contributed by atoms with van der Waals surface area (Å²) in [5.74, 6) is 0.828. The van der Waals surface area contributed by atoms with Gasteiger partial charge in [-0.2, -0.15) is 0 Å². The molecule has 0 spiro atoms. The van der Waals surface area contributed by atoms with E-state index in [9.17, 15) is 4.39 Å². The van der Waals surface area contributed by atoms with Gasteiger partial charge in [0, 0.05) is 18.2 Å². The lowest BCUT2D eigenvalue weighted by atomic mass is 9.99. The number of hydrogen-bond acceptors (Lipinski definition) is 2. The second-order valence-electron chi connectivity index (χ2n) is 5.54. The van der Waals surface area contributed by atoms with Gasteiger partial charge in [0.15, 0.2) is 0 Å². The smallest absolute Gasteiger partial charge is 0.126 e. The molecule has 0 radical (unpaired) electrons. The van der Waals surface area contributed by atoms with Crippen molar-refractivity contribution in [3.8, 4) is 5.75 Å². The average Bonchev–Trinajstić information content (AvgIpc) is 2.70. The monoisotopic (exact) mass is 285 g/mol. The maximum atomic E-state index is 12.9. The van der Waals surface area contributed by atoms with Gasteiger partial charge in [0.1, 0.15) is 11.6 Å². The summed E-state index contributed by atoms with van der Waals surface area (Å²) in [6.07, 6.45) is 2.09. The summed E-state index contributed by atoms with van der Waals surface area (Å²) in [6, 6.07) is 13.2. The molecule has 2 aromatic carbocycles. The maximum Gasteiger partial charge on any atom is 0.126 e. The van der Waals surface area contributed by atoms with Crippen molar-refractivity contribution in [2.45, 2.75) is 32.4 Å². The molecule has 2 nitrogen and oxygen atoms in total. The lowest BCUT2D eigenvalue weighted by molar-refractivity contribution is 0.313. The van der Waals surface area contributed by atoms with Crippen LogP contribution in [-0.4, -0.2) is 6.61 Å². The lowest BCUT2D eigenvalue weighted by Gasteiger charge is -2.19.